The van der Waals surface area contributed by atoms with Crippen molar-refractivity contribution in [2.24, 2.45) is 0 Å². The van der Waals surface area contributed by atoms with Crippen LogP contribution in [0.1, 0.15) is 6.42 Å². The second-order valence-electron chi connectivity index (χ2n) is 4.33. The van der Waals surface area contributed by atoms with Crippen molar-refractivity contribution in [3.8, 4) is 5.75 Å². The lowest BCUT2D eigenvalue weighted by Crippen LogP contribution is -2.29. The number of ether oxygens (including phenoxy) is 1. The third kappa shape index (κ3) is 2.51. The lowest BCUT2D eigenvalue weighted by molar-refractivity contribution is 0.189. The number of benzene rings is 1. The monoisotopic (exact) mass is 290 g/mol. The summed E-state index contributed by atoms with van der Waals surface area (Å²) in [5.74, 6) is -1.01. The average molecular weight is 290 g/mol. The van der Waals surface area contributed by atoms with Crippen LogP contribution in [0.3, 0.4) is 0 Å². The molecular weight excluding hydrogens is 275 g/mol. The highest BCUT2D eigenvalue weighted by Crippen LogP contribution is 2.30. The Morgan fingerprint density at radius 3 is 2.68 bits per heavy atom. The third-order valence-corrected chi connectivity index (χ3v) is 4.86. The largest absolute Gasteiger partial charge is 0.492 e. The zero-order valence-electron chi connectivity index (χ0n) is 10.3. The lowest BCUT2D eigenvalue weighted by Gasteiger charge is -2.17. The van der Waals surface area contributed by atoms with Gasteiger partial charge in [0.05, 0.1) is 23.8 Å². The van der Waals surface area contributed by atoms with Crippen molar-refractivity contribution >= 4 is 15.7 Å². The molecule has 8 heteroatoms. The van der Waals surface area contributed by atoms with Gasteiger partial charge in [-0.25, -0.2) is 12.8 Å². The van der Waals surface area contributed by atoms with Crippen molar-refractivity contribution in [1.82, 2.24) is 4.31 Å². The van der Waals surface area contributed by atoms with Gasteiger partial charge in [-0.05, 0) is 18.6 Å². The van der Waals surface area contributed by atoms with Gasteiger partial charge in [0.15, 0.2) is 11.6 Å². The average Bonchev–Trinajstić information content (AvgIpc) is 2.76. The second kappa shape index (κ2) is 4.95. The van der Waals surface area contributed by atoms with E-state index in [4.69, 9.17) is 10.5 Å². The molecule has 1 aromatic rings. The van der Waals surface area contributed by atoms with E-state index in [1.807, 2.05) is 0 Å². The molecule has 1 atom stereocenters. The first-order valence-electron chi connectivity index (χ1n) is 5.67. The van der Waals surface area contributed by atoms with Gasteiger partial charge in [-0.3, -0.25) is 0 Å². The molecular formula is C11H15FN2O4S. The van der Waals surface area contributed by atoms with Gasteiger partial charge in [0.1, 0.15) is 0 Å². The van der Waals surface area contributed by atoms with Crippen LogP contribution >= 0.6 is 0 Å². The van der Waals surface area contributed by atoms with Gasteiger partial charge >= 0.3 is 0 Å². The first-order valence-corrected chi connectivity index (χ1v) is 7.11. The number of hydrogen-bond acceptors (Lipinski definition) is 5. The number of halogens is 1. The number of methoxy groups -OCH3 is 1. The van der Waals surface area contributed by atoms with Crippen molar-refractivity contribution in [2.45, 2.75) is 17.4 Å². The molecule has 1 saturated heterocycles. The molecule has 19 heavy (non-hydrogen) atoms. The molecule has 106 valence electrons. The molecule has 1 heterocycles. The number of rotatable bonds is 3. The first-order chi connectivity index (χ1) is 8.86. The second-order valence-corrected chi connectivity index (χ2v) is 6.27. The molecule has 0 amide bonds. The highest BCUT2D eigenvalue weighted by molar-refractivity contribution is 7.89. The Balaban J connectivity index is 2.41. The summed E-state index contributed by atoms with van der Waals surface area (Å²) in [5.41, 5.74) is 5.48. The maximum atomic E-state index is 13.7. The number of hydrogen-bond donors (Lipinski definition) is 2. The molecule has 2 rings (SSSR count). The number of aliphatic hydroxyl groups is 1. The molecule has 0 bridgehead atoms. The van der Waals surface area contributed by atoms with Crippen LogP contribution in [0, 0.1) is 5.82 Å². The predicted molar refractivity (Wildman–Crippen MR) is 66.7 cm³/mol. The number of aliphatic hydroxyl groups excluding tert-OH is 1. The van der Waals surface area contributed by atoms with Gasteiger partial charge in [0.2, 0.25) is 10.0 Å². The van der Waals surface area contributed by atoms with Crippen LogP contribution in [0.15, 0.2) is 17.0 Å². The summed E-state index contributed by atoms with van der Waals surface area (Å²) in [4.78, 5) is -0.239. The molecule has 1 unspecified atom stereocenters. The van der Waals surface area contributed by atoms with Crippen molar-refractivity contribution < 1.29 is 22.7 Å². The summed E-state index contributed by atoms with van der Waals surface area (Å²) in [7, 11) is -2.59. The van der Waals surface area contributed by atoms with E-state index in [0.29, 0.717) is 6.42 Å². The molecule has 6 nitrogen and oxygen atoms in total. The first kappa shape index (κ1) is 14.0. The Morgan fingerprint density at radius 2 is 2.21 bits per heavy atom. The lowest BCUT2D eigenvalue weighted by atomic mass is 10.3. The van der Waals surface area contributed by atoms with Crippen molar-refractivity contribution in [3.05, 3.63) is 17.9 Å². The predicted octanol–water partition coefficient (Wildman–Crippen LogP) is 0.172. The molecule has 3 N–H and O–H groups in total. The van der Waals surface area contributed by atoms with E-state index >= 15 is 0 Å². The minimum absolute atomic E-state index is 0.00981. The summed E-state index contributed by atoms with van der Waals surface area (Å²) in [6.07, 6.45) is -0.317. The highest BCUT2D eigenvalue weighted by Gasteiger charge is 2.32. The van der Waals surface area contributed by atoms with E-state index in [-0.39, 0.29) is 29.4 Å². The molecule has 0 radical (unpaired) electrons. The highest BCUT2D eigenvalue weighted by atomic mass is 32.2. The molecule has 0 spiro atoms. The standard InChI is InChI=1S/C11H15FN2O4S/c1-18-11-9(12)4-8(5-10(11)13)19(16,17)14-3-2-7(15)6-14/h4-5,7,15H,2-3,6,13H2,1H3. The number of sulfonamides is 1. The molecule has 1 aliphatic heterocycles. The zero-order chi connectivity index (χ0) is 14.2. The maximum absolute atomic E-state index is 13.7. The van der Waals surface area contributed by atoms with Gasteiger partial charge in [0, 0.05) is 13.1 Å². The Labute approximate surface area is 110 Å². The van der Waals surface area contributed by atoms with Crippen LogP contribution in [-0.4, -0.2) is 44.1 Å². The van der Waals surface area contributed by atoms with Crippen LogP contribution in [-0.2, 0) is 10.0 Å². The van der Waals surface area contributed by atoms with Crippen LogP contribution in [0.5, 0.6) is 5.75 Å². The van der Waals surface area contributed by atoms with Crippen molar-refractivity contribution in [3.63, 3.8) is 0 Å². The van der Waals surface area contributed by atoms with Gasteiger partial charge in [-0.15, -0.1) is 0 Å². The van der Waals surface area contributed by atoms with Gasteiger partial charge < -0.3 is 15.6 Å². The topological polar surface area (TPSA) is 92.9 Å². The summed E-state index contributed by atoms with van der Waals surface area (Å²) >= 11 is 0. The molecule has 1 aromatic carbocycles. The van der Waals surface area contributed by atoms with Crippen molar-refractivity contribution in [1.29, 1.82) is 0 Å². The number of anilines is 1. The minimum Gasteiger partial charge on any atom is -0.492 e. The van der Waals surface area contributed by atoms with Gasteiger partial charge in [-0.1, -0.05) is 0 Å². The van der Waals surface area contributed by atoms with Crippen LogP contribution < -0.4 is 10.5 Å². The fourth-order valence-electron chi connectivity index (χ4n) is 2.03. The zero-order valence-corrected chi connectivity index (χ0v) is 11.2. The fraction of sp³-hybridized carbons (Fsp3) is 0.455. The third-order valence-electron chi connectivity index (χ3n) is 3.01. The summed E-state index contributed by atoms with van der Waals surface area (Å²) < 4.78 is 44.0. The summed E-state index contributed by atoms with van der Waals surface area (Å²) in [6.45, 7) is 0.215. The van der Waals surface area contributed by atoms with Gasteiger partial charge in [-0.2, -0.15) is 4.31 Å². The Bertz CT molecular complexity index is 567. The summed E-state index contributed by atoms with van der Waals surface area (Å²) in [5, 5.41) is 9.38. The molecule has 0 saturated carbocycles. The van der Waals surface area contributed by atoms with E-state index < -0.39 is 21.9 Å². The Hall–Kier alpha value is -1.38. The summed E-state index contributed by atoms with van der Waals surface area (Å²) in [6, 6.07) is 2.02. The smallest absolute Gasteiger partial charge is 0.243 e. The number of nitrogens with two attached hydrogens (primary N) is 1. The minimum atomic E-state index is -3.84. The number of nitrogens with zero attached hydrogens (tertiary/aromatic N) is 1. The number of nitrogen functional groups attached to an aromatic ring is 1. The molecule has 1 fully saturated rings. The van der Waals surface area contributed by atoms with E-state index in [1.54, 1.807) is 0 Å². The molecule has 0 aliphatic carbocycles. The normalized spacial score (nSPS) is 20.7. The molecule has 0 aromatic heterocycles. The molecule has 1 aliphatic rings. The Morgan fingerprint density at radius 1 is 1.53 bits per heavy atom. The van der Waals surface area contributed by atoms with E-state index in [2.05, 4.69) is 0 Å². The quantitative estimate of drug-likeness (QED) is 0.774. The van der Waals surface area contributed by atoms with E-state index in [1.165, 1.54) is 7.11 Å². The Kier molecular flexibility index (Phi) is 3.66. The van der Waals surface area contributed by atoms with Crippen LogP contribution in [0.2, 0.25) is 0 Å². The number of β-amino-alcohol motifs (C(OH)–C–C–N with tert-alkyl or cyclic N) is 1. The fourth-order valence-corrected chi connectivity index (χ4v) is 3.57. The van der Waals surface area contributed by atoms with Crippen LogP contribution in [0.25, 0.3) is 0 Å². The van der Waals surface area contributed by atoms with Gasteiger partial charge in [0.25, 0.3) is 0 Å². The maximum Gasteiger partial charge on any atom is 0.243 e. The van der Waals surface area contributed by atoms with Crippen molar-refractivity contribution in [2.75, 3.05) is 25.9 Å². The van der Waals surface area contributed by atoms with E-state index in [0.717, 1.165) is 16.4 Å². The van der Waals surface area contributed by atoms with E-state index in [9.17, 15) is 17.9 Å². The van der Waals surface area contributed by atoms with Crippen LogP contribution in [0.4, 0.5) is 10.1 Å². The SMILES string of the molecule is COc1c(N)cc(S(=O)(=O)N2CCC(O)C2)cc1F.